The van der Waals surface area contributed by atoms with Crippen LogP contribution in [0.2, 0.25) is 25.2 Å². The number of benzene rings is 3. The highest BCUT2D eigenvalue weighted by molar-refractivity contribution is 6.77. The fraction of sp³-hybridized carbons (Fsp3) is 0.455. The van der Waals surface area contributed by atoms with Crippen molar-refractivity contribution < 1.29 is 37.4 Å². The first-order valence-electron chi connectivity index (χ1n) is 20.6. The van der Waals surface area contributed by atoms with E-state index in [-0.39, 0.29) is 29.6 Å². The predicted molar refractivity (Wildman–Crippen MR) is 231 cm³/mol. The number of halogens is 2. The van der Waals surface area contributed by atoms with Gasteiger partial charge >= 0.3 is 12.2 Å². The lowest BCUT2D eigenvalue weighted by molar-refractivity contribution is -0.137. The second kappa shape index (κ2) is 16.9. The Labute approximate surface area is 354 Å². The standard InChI is InChI=1S/C44H54F2N8O6Si/c1-24(2)35(51-42(57)59-5)40(55)53-17-18-61(7,8)22-34(53)38-47-21-32(49-38)27-11-9-26(10-12-27)28-13-15-30-29(19-28)14-16-31-37(30)50-39(48-31)33-20-44(45,46)23-54(33)41(56)36(25(3)4)52-43(58)60-6/h9-16,19,21,24-25,33-36H,17-18,20,22-23H2,1-8H3,(H,47,49)(H,48,50)(H,51,57)(H,52,58)/t33-,34?,35?,36?/m0/s1. The van der Waals surface area contributed by atoms with Crippen molar-refractivity contribution in [2.45, 2.75) is 89.4 Å². The van der Waals surface area contributed by atoms with E-state index >= 15 is 0 Å². The number of nitrogens with one attached hydrogen (secondary N) is 4. The molecule has 4 heterocycles. The number of rotatable bonds is 10. The second-order valence-electron chi connectivity index (χ2n) is 17.7. The van der Waals surface area contributed by atoms with Gasteiger partial charge in [-0.1, -0.05) is 83.3 Å². The molecule has 2 fully saturated rings. The van der Waals surface area contributed by atoms with Gasteiger partial charge in [0, 0.05) is 18.4 Å². The van der Waals surface area contributed by atoms with Gasteiger partial charge in [0.2, 0.25) is 11.8 Å². The first-order valence-corrected chi connectivity index (χ1v) is 24.1. The number of carbonyl (C=O) groups excluding carboxylic acids is 4. The van der Waals surface area contributed by atoms with Gasteiger partial charge in [-0.2, -0.15) is 0 Å². The Morgan fingerprint density at radius 2 is 1.41 bits per heavy atom. The van der Waals surface area contributed by atoms with E-state index in [9.17, 15) is 28.0 Å². The number of ether oxygens (including phenoxy) is 2. The summed E-state index contributed by atoms with van der Waals surface area (Å²) >= 11 is 0. The minimum Gasteiger partial charge on any atom is -0.453 e. The van der Waals surface area contributed by atoms with Gasteiger partial charge in [0.15, 0.2) is 0 Å². The van der Waals surface area contributed by atoms with Crippen LogP contribution in [0.25, 0.3) is 44.2 Å². The van der Waals surface area contributed by atoms with Crippen LogP contribution in [0.5, 0.6) is 0 Å². The van der Waals surface area contributed by atoms with E-state index in [1.165, 1.54) is 14.2 Å². The summed E-state index contributed by atoms with van der Waals surface area (Å²) in [6, 6.07) is 16.6. The average Bonchev–Trinajstić information content (AvgIpc) is 3.98. The third kappa shape index (κ3) is 8.97. The quantitative estimate of drug-likeness (QED) is 0.102. The Morgan fingerprint density at radius 1 is 0.803 bits per heavy atom. The molecule has 61 heavy (non-hydrogen) atoms. The van der Waals surface area contributed by atoms with E-state index in [0.717, 1.165) is 50.1 Å². The molecule has 5 aromatic rings. The third-order valence-electron chi connectivity index (χ3n) is 12.0. The van der Waals surface area contributed by atoms with E-state index in [4.69, 9.17) is 14.7 Å². The number of alkyl carbamates (subject to hydrolysis) is 2. The zero-order valence-electron chi connectivity index (χ0n) is 35.8. The average molecular weight is 857 g/mol. The van der Waals surface area contributed by atoms with Crippen LogP contribution in [0.3, 0.4) is 0 Å². The molecular weight excluding hydrogens is 803 g/mol. The number of fused-ring (bicyclic) bond motifs is 3. The largest absolute Gasteiger partial charge is 0.453 e. The van der Waals surface area contributed by atoms with Crippen molar-refractivity contribution in [3.05, 3.63) is 72.4 Å². The number of hydrogen-bond donors (Lipinski definition) is 4. The van der Waals surface area contributed by atoms with Crippen LogP contribution in [-0.2, 0) is 19.1 Å². The summed E-state index contributed by atoms with van der Waals surface area (Å²) in [5, 5.41) is 6.95. The molecule has 7 rings (SSSR count). The van der Waals surface area contributed by atoms with Crippen molar-refractivity contribution in [2.24, 2.45) is 11.8 Å². The molecule has 0 radical (unpaired) electrons. The molecule has 2 aliphatic heterocycles. The molecule has 14 nitrogen and oxygen atoms in total. The highest BCUT2D eigenvalue weighted by Gasteiger charge is 2.50. The molecule has 4 amide bonds. The molecule has 3 unspecified atom stereocenters. The Bertz CT molecular complexity index is 2450. The number of likely N-dealkylation sites (tertiary alicyclic amines) is 1. The van der Waals surface area contributed by atoms with Crippen molar-refractivity contribution >= 4 is 53.9 Å². The molecule has 0 saturated carbocycles. The summed E-state index contributed by atoms with van der Waals surface area (Å²) in [5.74, 6) is -3.47. The van der Waals surface area contributed by atoms with Gasteiger partial charge in [-0.25, -0.2) is 28.3 Å². The van der Waals surface area contributed by atoms with Crippen LogP contribution in [0.4, 0.5) is 18.4 Å². The van der Waals surface area contributed by atoms with Crippen LogP contribution in [0, 0.1) is 11.8 Å². The van der Waals surface area contributed by atoms with Crippen molar-refractivity contribution in [1.82, 2.24) is 40.4 Å². The molecule has 0 aliphatic carbocycles. The number of aromatic amines is 2. The fourth-order valence-electron chi connectivity index (χ4n) is 8.53. The summed E-state index contributed by atoms with van der Waals surface area (Å²) in [6.07, 6.45) is -0.263. The van der Waals surface area contributed by atoms with Crippen molar-refractivity contribution in [2.75, 3.05) is 27.3 Å². The molecule has 3 aromatic carbocycles. The molecule has 4 atom stereocenters. The molecule has 2 aliphatic rings. The molecule has 2 saturated heterocycles. The van der Waals surface area contributed by atoms with Gasteiger partial charge in [-0.05, 0) is 58.1 Å². The first-order chi connectivity index (χ1) is 28.9. The maximum absolute atomic E-state index is 15.0. The second-order valence-corrected chi connectivity index (χ2v) is 22.9. The molecule has 4 N–H and O–H groups in total. The smallest absolute Gasteiger partial charge is 0.407 e. The molecule has 324 valence electrons. The summed E-state index contributed by atoms with van der Waals surface area (Å²) in [6.45, 7) is 11.7. The van der Waals surface area contributed by atoms with Crippen molar-refractivity contribution in [3.63, 3.8) is 0 Å². The highest BCUT2D eigenvalue weighted by Crippen LogP contribution is 2.42. The normalized spacial score (nSPS) is 19.6. The molecular formula is C44H54F2N8O6Si. The first kappa shape index (κ1) is 43.3. The molecule has 2 aromatic heterocycles. The molecule has 17 heteroatoms. The number of H-pyrrole nitrogens is 2. The lowest BCUT2D eigenvalue weighted by atomic mass is 9.99. The minimum absolute atomic E-state index is 0.139. The van der Waals surface area contributed by atoms with E-state index in [1.54, 1.807) is 20.0 Å². The van der Waals surface area contributed by atoms with Crippen LogP contribution in [0.15, 0.2) is 60.8 Å². The third-order valence-corrected chi connectivity index (χ3v) is 15.1. The Morgan fingerprint density at radius 3 is 2.03 bits per heavy atom. The predicted octanol–water partition coefficient (Wildman–Crippen LogP) is 8.03. The Hall–Kier alpha value is -5.84. The number of imidazole rings is 2. The summed E-state index contributed by atoms with van der Waals surface area (Å²) in [5.41, 5.74) is 4.95. The van der Waals surface area contributed by atoms with Gasteiger partial charge in [0.1, 0.15) is 23.7 Å². The summed E-state index contributed by atoms with van der Waals surface area (Å²) in [4.78, 5) is 71.0. The van der Waals surface area contributed by atoms with Crippen LogP contribution < -0.4 is 10.6 Å². The lowest BCUT2D eigenvalue weighted by Crippen LogP contribution is -2.55. The monoisotopic (exact) mass is 856 g/mol. The topological polar surface area (TPSA) is 175 Å². The van der Waals surface area contributed by atoms with Gasteiger partial charge in [-0.15, -0.1) is 0 Å². The van der Waals surface area contributed by atoms with Gasteiger partial charge < -0.3 is 39.9 Å². The maximum atomic E-state index is 15.0. The van der Waals surface area contributed by atoms with E-state index in [1.807, 2.05) is 67.3 Å². The SMILES string of the molecule is COC(=O)NC(C(=O)N1CC[Si](C)(C)CC1c1ncc(-c2ccc(-c3ccc4c(ccc5[nH]c([C@@H]6CC(F)(F)CN6C(=O)C(NC(=O)OC)C(C)C)nc54)c3)cc2)[nH]1)C(C)C. The van der Waals surface area contributed by atoms with E-state index in [2.05, 4.69) is 44.5 Å². The number of carbonyl (C=O) groups is 4. The van der Waals surface area contributed by atoms with Gasteiger partial charge in [-0.3, -0.25) is 9.59 Å². The zero-order valence-corrected chi connectivity index (χ0v) is 36.8. The maximum Gasteiger partial charge on any atom is 0.407 e. The van der Waals surface area contributed by atoms with E-state index < -0.39 is 63.2 Å². The fourth-order valence-corrected chi connectivity index (χ4v) is 11.0. The summed E-state index contributed by atoms with van der Waals surface area (Å²) < 4.78 is 39.4. The van der Waals surface area contributed by atoms with Gasteiger partial charge in [0.05, 0.1) is 63.8 Å². The van der Waals surface area contributed by atoms with Crippen molar-refractivity contribution in [1.29, 1.82) is 0 Å². The highest BCUT2D eigenvalue weighted by atomic mass is 28.3. The number of methoxy groups -OCH3 is 2. The van der Waals surface area contributed by atoms with Crippen LogP contribution in [-0.4, -0.2) is 107 Å². The number of alkyl halides is 2. The minimum atomic E-state index is -3.14. The Balaban J connectivity index is 1.11. The van der Waals surface area contributed by atoms with Crippen LogP contribution >= 0.6 is 0 Å². The van der Waals surface area contributed by atoms with E-state index in [0.29, 0.717) is 23.4 Å². The van der Waals surface area contributed by atoms with Crippen LogP contribution in [0.1, 0.15) is 57.8 Å². The number of hydrogen-bond acceptors (Lipinski definition) is 8. The Kier molecular flexibility index (Phi) is 12.0. The summed E-state index contributed by atoms with van der Waals surface area (Å²) in [7, 11) is 0.830. The lowest BCUT2D eigenvalue weighted by Gasteiger charge is -2.43. The van der Waals surface area contributed by atoms with Gasteiger partial charge in [0.25, 0.3) is 5.92 Å². The molecule has 0 bridgehead atoms. The number of nitrogens with zero attached hydrogens (tertiary/aromatic N) is 4. The molecule has 0 spiro atoms. The number of amides is 4. The number of aromatic nitrogens is 4. The van der Waals surface area contributed by atoms with Crippen molar-refractivity contribution in [3.8, 4) is 22.4 Å². The zero-order chi connectivity index (χ0) is 44.0.